The first-order valence-electron chi connectivity index (χ1n) is 6.79. The second kappa shape index (κ2) is 5.63. The van der Waals surface area contributed by atoms with E-state index in [4.69, 9.17) is 0 Å². The molecule has 0 saturated carbocycles. The minimum Gasteiger partial charge on any atom is -0.317 e. The summed E-state index contributed by atoms with van der Waals surface area (Å²) in [5.74, 6) is 3.62. The van der Waals surface area contributed by atoms with Gasteiger partial charge in [0.2, 0.25) is 0 Å². The molecule has 0 bridgehead atoms. The summed E-state index contributed by atoms with van der Waals surface area (Å²) < 4.78 is 2.33. The summed E-state index contributed by atoms with van der Waals surface area (Å²) in [4.78, 5) is 0. The Kier molecular flexibility index (Phi) is 4.15. The molecule has 2 rings (SSSR count). The van der Waals surface area contributed by atoms with Crippen molar-refractivity contribution >= 4 is 0 Å². The quantitative estimate of drug-likeness (QED) is 0.870. The van der Waals surface area contributed by atoms with Crippen LogP contribution in [0.1, 0.15) is 50.7 Å². The minimum atomic E-state index is 0.601. The maximum absolute atomic E-state index is 4.40. The Hall–Kier alpha value is -0.900. The van der Waals surface area contributed by atoms with Gasteiger partial charge in [0.15, 0.2) is 0 Å². The van der Waals surface area contributed by atoms with E-state index in [9.17, 15) is 0 Å². The van der Waals surface area contributed by atoms with Gasteiger partial charge in [-0.2, -0.15) is 0 Å². The zero-order chi connectivity index (χ0) is 12.3. The number of aryl methyl sites for hydroxylation is 1. The number of nitrogens with zero attached hydrogens (tertiary/aromatic N) is 3. The van der Waals surface area contributed by atoms with Crippen LogP contribution in [0.2, 0.25) is 0 Å². The highest BCUT2D eigenvalue weighted by atomic mass is 15.3. The summed E-state index contributed by atoms with van der Waals surface area (Å²) in [6.07, 6.45) is 3.59. The minimum absolute atomic E-state index is 0.601. The first-order chi connectivity index (χ1) is 8.18. The van der Waals surface area contributed by atoms with E-state index < -0.39 is 0 Å². The zero-order valence-corrected chi connectivity index (χ0v) is 11.2. The highest BCUT2D eigenvalue weighted by Crippen LogP contribution is 2.24. The maximum atomic E-state index is 4.40. The summed E-state index contributed by atoms with van der Waals surface area (Å²) in [6.45, 7) is 9.89. The van der Waals surface area contributed by atoms with Gasteiger partial charge in [0, 0.05) is 12.5 Å². The molecule has 1 aromatic heterocycles. The van der Waals surface area contributed by atoms with Gasteiger partial charge in [-0.05, 0) is 45.2 Å². The molecule has 2 heterocycles. The van der Waals surface area contributed by atoms with Crippen molar-refractivity contribution in [2.24, 2.45) is 5.92 Å². The molecule has 0 atom stereocenters. The lowest BCUT2D eigenvalue weighted by atomic mass is 9.97. The molecule has 1 aromatic rings. The number of piperidine rings is 1. The Balaban J connectivity index is 2.10. The fourth-order valence-corrected chi connectivity index (χ4v) is 2.44. The van der Waals surface area contributed by atoms with Crippen LogP contribution in [0.5, 0.6) is 0 Å². The van der Waals surface area contributed by atoms with E-state index >= 15 is 0 Å². The highest BCUT2D eigenvalue weighted by Gasteiger charge is 2.21. The molecule has 0 aromatic carbocycles. The first-order valence-corrected chi connectivity index (χ1v) is 6.79. The van der Waals surface area contributed by atoms with Crippen molar-refractivity contribution in [3.63, 3.8) is 0 Å². The summed E-state index contributed by atoms with van der Waals surface area (Å²) >= 11 is 0. The average molecular weight is 236 g/mol. The zero-order valence-electron chi connectivity index (χ0n) is 11.2. The van der Waals surface area contributed by atoms with E-state index in [-0.39, 0.29) is 0 Å². The van der Waals surface area contributed by atoms with Crippen LogP contribution in [-0.2, 0) is 6.54 Å². The van der Waals surface area contributed by atoms with Crippen molar-refractivity contribution < 1.29 is 0 Å². The summed E-state index contributed by atoms with van der Waals surface area (Å²) in [7, 11) is 0. The lowest BCUT2D eigenvalue weighted by Gasteiger charge is -2.23. The first kappa shape index (κ1) is 12.6. The lowest BCUT2D eigenvalue weighted by Crippen LogP contribution is -2.28. The van der Waals surface area contributed by atoms with E-state index in [1.165, 1.54) is 25.1 Å². The summed E-state index contributed by atoms with van der Waals surface area (Å²) in [5, 5.41) is 12.1. The van der Waals surface area contributed by atoms with Crippen LogP contribution in [0.25, 0.3) is 0 Å². The Morgan fingerprint density at radius 3 is 2.65 bits per heavy atom. The molecule has 1 saturated heterocycles. The van der Waals surface area contributed by atoms with Gasteiger partial charge in [-0.1, -0.05) is 13.8 Å². The predicted molar refractivity (Wildman–Crippen MR) is 69.1 cm³/mol. The number of nitrogens with one attached hydrogen (secondary N) is 1. The molecule has 17 heavy (non-hydrogen) atoms. The number of rotatable bonds is 4. The van der Waals surface area contributed by atoms with Crippen molar-refractivity contribution in [1.82, 2.24) is 20.1 Å². The molecule has 1 fully saturated rings. The van der Waals surface area contributed by atoms with Crippen molar-refractivity contribution in [3.8, 4) is 0 Å². The van der Waals surface area contributed by atoms with Gasteiger partial charge in [-0.25, -0.2) is 0 Å². The fraction of sp³-hybridized carbons (Fsp3) is 0.846. The van der Waals surface area contributed by atoms with Crippen molar-refractivity contribution in [1.29, 1.82) is 0 Å². The predicted octanol–water partition coefficient (Wildman–Crippen LogP) is 2.10. The third-order valence-corrected chi connectivity index (χ3v) is 3.60. The molecule has 1 N–H and O–H groups in total. The second-order valence-electron chi connectivity index (χ2n) is 5.46. The number of aromatic nitrogens is 3. The van der Waals surface area contributed by atoms with Crippen molar-refractivity contribution in [3.05, 3.63) is 11.6 Å². The Bertz CT molecular complexity index is 350. The Morgan fingerprint density at radius 1 is 1.29 bits per heavy atom. The molecular weight excluding hydrogens is 212 g/mol. The molecule has 0 radical (unpaired) electrons. The second-order valence-corrected chi connectivity index (χ2v) is 5.46. The molecular formula is C13H24N4. The number of hydrogen-bond acceptors (Lipinski definition) is 3. The van der Waals surface area contributed by atoms with Gasteiger partial charge in [-0.3, -0.25) is 0 Å². The SMILES string of the molecule is Cc1nnc(C2CCNCC2)n1CCC(C)C. The lowest BCUT2D eigenvalue weighted by molar-refractivity contribution is 0.417. The molecule has 4 nitrogen and oxygen atoms in total. The molecule has 0 amide bonds. The van der Waals surface area contributed by atoms with E-state index in [0.717, 1.165) is 31.4 Å². The van der Waals surface area contributed by atoms with Crippen LogP contribution in [0.4, 0.5) is 0 Å². The van der Waals surface area contributed by atoms with Crippen LogP contribution in [0, 0.1) is 12.8 Å². The third kappa shape index (κ3) is 3.06. The van der Waals surface area contributed by atoms with E-state index in [2.05, 4.69) is 40.9 Å². The molecule has 1 aliphatic heterocycles. The fourth-order valence-electron chi connectivity index (χ4n) is 2.44. The van der Waals surface area contributed by atoms with Crippen LogP contribution in [-0.4, -0.2) is 27.9 Å². The molecule has 4 heteroatoms. The van der Waals surface area contributed by atoms with Gasteiger partial charge < -0.3 is 9.88 Å². The molecule has 96 valence electrons. The summed E-state index contributed by atoms with van der Waals surface area (Å²) in [5.41, 5.74) is 0. The third-order valence-electron chi connectivity index (χ3n) is 3.60. The van der Waals surface area contributed by atoms with Crippen LogP contribution in [0.15, 0.2) is 0 Å². The van der Waals surface area contributed by atoms with Crippen molar-refractivity contribution in [2.45, 2.75) is 52.5 Å². The van der Waals surface area contributed by atoms with Crippen molar-refractivity contribution in [2.75, 3.05) is 13.1 Å². The van der Waals surface area contributed by atoms with Gasteiger partial charge >= 0.3 is 0 Å². The van der Waals surface area contributed by atoms with Crippen LogP contribution < -0.4 is 5.32 Å². The smallest absolute Gasteiger partial charge is 0.136 e. The molecule has 0 unspecified atom stereocenters. The van der Waals surface area contributed by atoms with Crippen LogP contribution in [0.3, 0.4) is 0 Å². The van der Waals surface area contributed by atoms with Gasteiger partial charge in [0.1, 0.15) is 11.6 Å². The van der Waals surface area contributed by atoms with Gasteiger partial charge in [0.25, 0.3) is 0 Å². The van der Waals surface area contributed by atoms with Gasteiger partial charge in [0.05, 0.1) is 0 Å². The number of hydrogen-bond donors (Lipinski definition) is 1. The Morgan fingerprint density at radius 2 is 2.00 bits per heavy atom. The van der Waals surface area contributed by atoms with Gasteiger partial charge in [-0.15, -0.1) is 10.2 Å². The Labute approximate surface area is 104 Å². The van der Waals surface area contributed by atoms with E-state index in [1.54, 1.807) is 0 Å². The molecule has 1 aliphatic rings. The topological polar surface area (TPSA) is 42.7 Å². The molecule has 0 spiro atoms. The largest absolute Gasteiger partial charge is 0.317 e. The van der Waals surface area contributed by atoms with E-state index in [0.29, 0.717) is 5.92 Å². The molecule has 0 aliphatic carbocycles. The standard InChI is InChI=1S/C13H24N4/c1-10(2)6-9-17-11(3)15-16-13(17)12-4-7-14-8-5-12/h10,12,14H,4-9H2,1-3H3. The van der Waals surface area contributed by atoms with E-state index in [1.807, 2.05) is 0 Å². The summed E-state index contributed by atoms with van der Waals surface area (Å²) in [6, 6.07) is 0. The maximum Gasteiger partial charge on any atom is 0.136 e. The monoisotopic (exact) mass is 236 g/mol. The highest BCUT2D eigenvalue weighted by molar-refractivity contribution is 5.02. The van der Waals surface area contributed by atoms with Crippen LogP contribution >= 0.6 is 0 Å². The normalized spacial score (nSPS) is 17.9. The average Bonchev–Trinajstić information content (AvgIpc) is 2.69.